The van der Waals surface area contributed by atoms with Crippen LogP contribution in [0.4, 0.5) is 8.78 Å². The van der Waals surface area contributed by atoms with Gasteiger partial charge in [-0.05, 0) is 31.5 Å². The van der Waals surface area contributed by atoms with Crippen molar-refractivity contribution in [2.75, 3.05) is 0 Å². The first-order valence-corrected chi connectivity index (χ1v) is 5.60. The summed E-state index contributed by atoms with van der Waals surface area (Å²) in [4.78, 5) is 4.10. The van der Waals surface area contributed by atoms with Crippen molar-refractivity contribution in [1.82, 2.24) is 10.1 Å². The van der Waals surface area contributed by atoms with E-state index in [1.807, 2.05) is 6.92 Å². The molecule has 6 heteroatoms. The van der Waals surface area contributed by atoms with Crippen LogP contribution in [0.1, 0.15) is 19.2 Å². The second kappa shape index (κ2) is 5.22. The zero-order valence-corrected chi connectivity index (χ0v) is 9.86. The van der Waals surface area contributed by atoms with Gasteiger partial charge in [0, 0.05) is 18.0 Å². The smallest absolute Gasteiger partial charge is 0.227 e. The number of halogens is 2. The van der Waals surface area contributed by atoms with Gasteiger partial charge in [-0.2, -0.15) is 4.98 Å². The molecule has 2 aromatic rings. The Labute approximate surface area is 103 Å². The van der Waals surface area contributed by atoms with Crippen LogP contribution in [0.25, 0.3) is 11.4 Å². The third-order valence-corrected chi connectivity index (χ3v) is 2.46. The molecule has 0 saturated carbocycles. The summed E-state index contributed by atoms with van der Waals surface area (Å²) in [5.41, 5.74) is 5.99. The summed E-state index contributed by atoms with van der Waals surface area (Å²) in [6.45, 7) is 1.88. The van der Waals surface area contributed by atoms with Gasteiger partial charge in [0.15, 0.2) is 11.6 Å². The van der Waals surface area contributed by atoms with E-state index in [4.69, 9.17) is 10.3 Å². The Hall–Kier alpha value is -1.82. The van der Waals surface area contributed by atoms with Gasteiger partial charge < -0.3 is 10.3 Å². The minimum atomic E-state index is -0.936. The molecule has 1 aromatic carbocycles. The molecule has 0 aliphatic carbocycles. The molecule has 96 valence electrons. The standard InChI is InChI=1S/C12H13F2N3O/c1-7(15)2-5-11-16-12(17-18-11)8-3-4-9(13)10(14)6-8/h3-4,6-7H,2,5,15H2,1H3. The largest absolute Gasteiger partial charge is 0.339 e. The minimum Gasteiger partial charge on any atom is -0.339 e. The number of nitrogens with two attached hydrogens (primary N) is 1. The van der Waals surface area contributed by atoms with Crippen LogP contribution in [0.5, 0.6) is 0 Å². The number of hydrogen-bond acceptors (Lipinski definition) is 4. The van der Waals surface area contributed by atoms with E-state index in [0.29, 0.717) is 17.9 Å². The van der Waals surface area contributed by atoms with Crippen molar-refractivity contribution in [3.8, 4) is 11.4 Å². The number of aryl methyl sites for hydroxylation is 1. The molecule has 1 aromatic heterocycles. The number of hydrogen-bond donors (Lipinski definition) is 1. The summed E-state index contributed by atoms with van der Waals surface area (Å²) in [7, 11) is 0. The molecule has 1 unspecified atom stereocenters. The van der Waals surface area contributed by atoms with Gasteiger partial charge in [0.2, 0.25) is 11.7 Å². The fraction of sp³-hybridized carbons (Fsp3) is 0.333. The van der Waals surface area contributed by atoms with E-state index in [9.17, 15) is 8.78 Å². The highest BCUT2D eigenvalue weighted by atomic mass is 19.2. The Kier molecular flexibility index (Phi) is 3.66. The molecule has 4 nitrogen and oxygen atoms in total. The summed E-state index contributed by atoms with van der Waals surface area (Å²) in [6.07, 6.45) is 1.29. The molecule has 0 aliphatic rings. The van der Waals surface area contributed by atoms with E-state index >= 15 is 0 Å². The third-order valence-electron chi connectivity index (χ3n) is 2.46. The van der Waals surface area contributed by atoms with Crippen LogP contribution >= 0.6 is 0 Å². The minimum absolute atomic E-state index is 0.0450. The lowest BCUT2D eigenvalue weighted by Crippen LogP contribution is -2.15. The molecular weight excluding hydrogens is 240 g/mol. The average Bonchev–Trinajstić information content (AvgIpc) is 2.79. The topological polar surface area (TPSA) is 64.9 Å². The van der Waals surface area contributed by atoms with E-state index in [-0.39, 0.29) is 11.9 Å². The Morgan fingerprint density at radius 2 is 2.11 bits per heavy atom. The van der Waals surface area contributed by atoms with Gasteiger partial charge in [-0.15, -0.1) is 0 Å². The van der Waals surface area contributed by atoms with E-state index in [0.717, 1.165) is 18.6 Å². The van der Waals surface area contributed by atoms with Gasteiger partial charge >= 0.3 is 0 Å². The second-order valence-corrected chi connectivity index (χ2v) is 4.16. The Bertz CT molecular complexity index is 540. The van der Waals surface area contributed by atoms with Crippen molar-refractivity contribution in [3.63, 3.8) is 0 Å². The van der Waals surface area contributed by atoms with Gasteiger partial charge in [-0.1, -0.05) is 5.16 Å². The number of aromatic nitrogens is 2. The zero-order valence-electron chi connectivity index (χ0n) is 9.86. The summed E-state index contributed by atoms with van der Waals surface area (Å²) in [6, 6.07) is 3.51. The van der Waals surface area contributed by atoms with Crippen LogP contribution in [0.15, 0.2) is 22.7 Å². The highest BCUT2D eigenvalue weighted by molar-refractivity contribution is 5.54. The molecule has 2 N–H and O–H groups in total. The Morgan fingerprint density at radius 3 is 2.78 bits per heavy atom. The third kappa shape index (κ3) is 2.89. The molecule has 2 rings (SSSR count). The molecule has 0 aliphatic heterocycles. The number of rotatable bonds is 4. The van der Waals surface area contributed by atoms with Crippen LogP contribution in [0.3, 0.4) is 0 Å². The van der Waals surface area contributed by atoms with E-state index in [1.54, 1.807) is 0 Å². The van der Waals surface area contributed by atoms with E-state index in [2.05, 4.69) is 10.1 Å². The normalized spacial score (nSPS) is 12.7. The first kappa shape index (κ1) is 12.6. The van der Waals surface area contributed by atoms with Crippen molar-refractivity contribution in [1.29, 1.82) is 0 Å². The van der Waals surface area contributed by atoms with Crippen molar-refractivity contribution in [3.05, 3.63) is 35.7 Å². The fourth-order valence-corrected chi connectivity index (χ4v) is 1.46. The first-order valence-electron chi connectivity index (χ1n) is 5.60. The fourth-order valence-electron chi connectivity index (χ4n) is 1.46. The highest BCUT2D eigenvalue weighted by Crippen LogP contribution is 2.19. The number of nitrogens with zero attached hydrogens (tertiary/aromatic N) is 2. The van der Waals surface area contributed by atoms with Gasteiger partial charge in [-0.3, -0.25) is 0 Å². The van der Waals surface area contributed by atoms with Crippen LogP contribution in [0.2, 0.25) is 0 Å². The van der Waals surface area contributed by atoms with Crippen LogP contribution in [0, 0.1) is 11.6 Å². The van der Waals surface area contributed by atoms with Crippen LogP contribution in [-0.2, 0) is 6.42 Å². The van der Waals surface area contributed by atoms with Gasteiger partial charge in [0.25, 0.3) is 0 Å². The van der Waals surface area contributed by atoms with Crippen molar-refractivity contribution in [2.24, 2.45) is 5.73 Å². The summed E-state index contributed by atoms with van der Waals surface area (Å²) in [5.74, 6) is -1.16. The van der Waals surface area contributed by atoms with Crippen LogP contribution < -0.4 is 5.73 Å². The van der Waals surface area contributed by atoms with Crippen molar-refractivity contribution < 1.29 is 13.3 Å². The predicted molar refractivity (Wildman–Crippen MR) is 61.6 cm³/mol. The zero-order chi connectivity index (χ0) is 13.1. The molecule has 0 radical (unpaired) electrons. The maximum absolute atomic E-state index is 13.0. The molecule has 1 atom stereocenters. The molecule has 0 fully saturated rings. The molecule has 0 spiro atoms. The van der Waals surface area contributed by atoms with Crippen LogP contribution in [-0.4, -0.2) is 16.2 Å². The predicted octanol–water partition coefficient (Wildman–Crippen LogP) is 2.29. The molecule has 0 saturated heterocycles. The lowest BCUT2D eigenvalue weighted by molar-refractivity contribution is 0.372. The lowest BCUT2D eigenvalue weighted by atomic mass is 10.2. The monoisotopic (exact) mass is 253 g/mol. The molecule has 1 heterocycles. The highest BCUT2D eigenvalue weighted by Gasteiger charge is 2.11. The molecular formula is C12H13F2N3O. The quantitative estimate of drug-likeness (QED) is 0.907. The van der Waals surface area contributed by atoms with Crippen molar-refractivity contribution >= 4 is 0 Å². The molecule has 0 amide bonds. The van der Waals surface area contributed by atoms with Gasteiger partial charge in [0.1, 0.15) is 0 Å². The average molecular weight is 253 g/mol. The lowest BCUT2D eigenvalue weighted by Gasteiger charge is -1.99. The SMILES string of the molecule is CC(N)CCc1nc(-c2ccc(F)c(F)c2)no1. The van der Waals surface area contributed by atoms with Gasteiger partial charge in [0.05, 0.1) is 0 Å². The second-order valence-electron chi connectivity index (χ2n) is 4.16. The maximum Gasteiger partial charge on any atom is 0.227 e. The molecule has 18 heavy (non-hydrogen) atoms. The van der Waals surface area contributed by atoms with Gasteiger partial charge in [-0.25, -0.2) is 8.78 Å². The summed E-state index contributed by atoms with van der Waals surface area (Å²) in [5, 5.41) is 3.72. The van der Waals surface area contributed by atoms with E-state index < -0.39 is 11.6 Å². The Morgan fingerprint density at radius 1 is 1.33 bits per heavy atom. The summed E-state index contributed by atoms with van der Waals surface area (Å²) >= 11 is 0. The first-order chi connectivity index (χ1) is 8.56. The summed E-state index contributed by atoms with van der Waals surface area (Å²) < 4.78 is 30.8. The van der Waals surface area contributed by atoms with Crippen molar-refractivity contribution in [2.45, 2.75) is 25.8 Å². The van der Waals surface area contributed by atoms with E-state index in [1.165, 1.54) is 6.07 Å². The number of benzene rings is 1. The molecule has 0 bridgehead atoms. The maximum atomic E-state index is 13.0. The Balaban J connectivity index is 2.16.